The van der Waals surface area contributed by atoms with Crippen LogP contribution in [0.25, 0.3) is 0 Å². The molecule has 0 saturated carbocycles. The molecule has 1 aliphatic heterocycles. The van der Waals surface area contributed by atoms with Crippen molar-refractivity contribution in [2.24, 2.45) is 4.99 Å². The Kier molecular flexibility index (Phi) is 3.89. The van der Waals surface area contributed by atoms with Crippen molar-refractivity contribution < 1.29 is 4.74 Å². The van der Waals surface area contributed by atoms with Crippen molar-refractivity contribution in [1.82, 2.24) is 10.2 Å². The van der Waals surface area contributed by atoms with Crippen molar-refractivity contribution in [1.29, 1.82) is 0 Å². The number of halogens is 1. The SMILES string of the molecule is COc1ccc(Br)c(CNC2=NCCN2C)c1. The van der Waals surface area contributed by atoms with Crippen molar-refractivity contribution in [3.05, 3.63) is 28.2 Å². The van der Waals surface area contributed by atoms with Crippen molar-refractivity contribution >= 4 is 21.9 Å². The Morgan fingerprint density at radius 1 is 1.53 bits per heavy atom. The van der Waals surface area contributed by atoms with Crippen LogP contribution in [0.15, 0.2) is 27.7 Å². The summed E-state index contributed by atoms with van der Waals surface area (Å²) in [6, 6.07) is 5.95. The lowest BCUT2D eigenvalue weighted by Crippen LogP contribution is -2.35. The first-order valence-corrected chi connectivity index (χ1v) is 6.32. The molecule has 4 nitrogen and oxygen atoms in total. The molecule has 1 aliphatic rings. The molecule has 5 heteroatoms. The molecule has 0 fully saturated rings. The quantitative estimate of drug-likeness (QED) is 0.925. The molecule has 1 aromatic carbocycles. The van der Waals surface area contributed by atoms with Crippen LogP contribution in [0.4, 0.5) is 0 Å². The largest absolute Gasteiger partial charge is 0.497 e. The second-order valence-electron chi connectivity index (χ2n) is 3.94. The van der Waals surface area contributed by atoms with E-state index < -0.39 is 0 Å². The molecule has 0 saturated heterocycles. The van der Waals surface area contributed by atoms with Crippen LogP contribution in [-0.4, -0.2) is 38.1 Å². The van der Waals surface area contributed by atoms with E-state index in [9.17, 15) is 0 Å². The van der Waals surface area contributed by atoms with Gasteiger partial charge in [-0.15, -0.1) is 0 Å². The van der Waals surface area contributed by atoms with Gasteiger partial charge in [0.05, 0.1) is 13.7 Å². The van der Waals surface area contributed by atoms with Gasteiger partial charge in [0.1, 0.15) is 5.75 Å². The average Bonchev–Trinajstić information content (AvgIpc) is 2.74. The first-order valence-electron chi connectivity index (χ1n) is 5.52. The fourth-order valence-corrected chi connectivity index (χ4v) is 2.10. The number of methoxy groups -OCH3 is 1. The zero-order valence-electron chi connectivity index (χ0n) is 10.0. The highest BCUT2D eigenvalue weighted by molar-refractivity contribution is 9.10. The number of rotatable bonds is 3. The molecular weight excluding hydrogens is 282 g/mol. The first-order chi connectivity index (χ1) is 8.20. The Morgan fingerprint density at radius 2 is 2.35 bits per heavy atom. The van der Waals surface area contributed by atoms with Gasteiger partial charge in [-0.3, -0.25) is 4.99 Å². The maximum absolute atomic E-state index is 5.21. The molecule has 0 bridgehead atoms. The number of guanidine groups is 1. The van der Waals surface area contributed by atoms with Gasteiger partial charge in [0.2, 0.25) is 0 Å². The summed E-state index contributed by atoms with van der Waals surface area (Å²) in [7, 11) is 3.72. The summed E-state index contributed by atoms with van der Waals surface area (Å²) in [5.41, 5.74) is 1.16. The van der Waals surface area contributed by atoms with E-state index in [-0.39, 0.29) is 0 Å². The van der Waals surface area contributed by atoms with Gasteiger partial charge >= 0.3 is 0 Å². The van der Waals surface area contributed by atoms with Gasteiger partial charge in [-0.25, -0.2) is 0 Å². The van der Waals surface area contributed by atoms with E-state index in [2.05, 4.69) is 31.1 Å². The Morgan fingerprint density at radius 3 is 3.00 bits per heavy atom. The molecule has 2 rings (SSSR count). The summed E-state index contributed by atoms with van der Waals surface area (Å²) in [5, 5.41) is 3.33. The van der Waals surface area contributed by atoms with E-state index in [0.717, 1.165) is 41.4 Å². The Labute approximate surface area is 110 Å². The second-order valence-corrected chi connectivity index (χ2v) is 4.79. The predicted molar refractivity (Wildman–Crippen MR) is 72.5 cm³/mol. The fourth-order valence-electron chi connectivity index (χ4n) is 1.71. The maximum Gasteiger partial charge on any atom is 0.194 e. The zero-order chi connectivity index (χ0) is 12.3. The molecule has 1 heterocycles. The standard InChI is InChI=1S/C12H16BrN3O/c1-16-6-5-14-12(16)15-8-9-7-10(17-2)3-4-11(9)13/h3-4,7H,5-6,8H2,1-2H3,(H,14,15). The van der Waals surface area contributed by atoms with Crippen LogP contribution >= 0.6 is 15.9 Å². The minimum atomic E-state index is 0.737. The van der Waals surface area contributed by atoms with E-state index in [0.29, 0.717) is 0 Å². The van der Waals surface area contributed by atoms with Crippen LogP contribution in [0, 0.1) is 0 Å². The third kappa shape index (κ3) is 2.91. The highest BCUT2D eigenvalue weighted by Crippen LogP contribution is 2.22. The smallest absolute Gasteiger partial charge is 0.194 e. The summed E-state index contributed by atoms with van der Waals surface area (Å²) in [6.07, 6.45) is 0. The van der Waals surface area contributed by atoms with Gasteiger partial charge in [-0.2, -0.15) is 0 Å². The lowest BCUT2D eigenvalue weighted by Gasteiger charge is -2.16. The van der Waals surface area contributed by atoms with E-state index in [4.69, 9.17) is 4.74 Å². The van der Waals surface area contributed by atoms with Gasteiger partial charge in [0, 0.05) is 24.6 Å². The lowest BCUT2D eigenvalue weighted by atomic mass is 10.2. The van der Waals surface area contributed by atoms with Gasteiger partial charge in [0.15, 0.2) is 5.96 Å². The van der Waals surface area contributed by atoms with E-state index >= 15 is 0 Å². The number of nitrogens with one attached hydrogen (secondary N) is 1. The summed E-state index contributed by atoms with van der Waals surface area (Å²) >= 11 is 3.54. The number of ether oxygens (including phenoxy) is 1. The molecule has 0 aliphatic carbocycles. The van der Waals surface area contributed by atoms with E-state index in [1.165, 1.54) is 0 Å². The molecule has 17 heavy (non-hydrogen) atoms. The molecule has 0 radical (unpaired) electrons. The third-order valence-corrected chi connectivity index (χ3v) is 3.52. The van der Waals surface area contributed by atoms with E-state index in [1.54, 1.807) is 7.11 Å². The monoisotopic (exact) mass is 297 g/mol. The number of benzene rings is 1. The molecular formula is C12H16BrN3O. The summed E-state index contributed by atoms with van der Waals surface area (Å²) < 4.78 is 6.29. The van der Waals surface area contributed by atoms with Gasteiger partial charge in [0.25, 0.3) is 0 Å². The molecule has 0 spiro atoms. The summed E-state index contributed by atoms with van der Waals surface area (Å²) in [6.45, 7) is 2.60. The highest BCUT2D eigenvalue weighted by Gasteiger charge is 2.12. The second kappa shape index (κ2) is 5.40. The maximum atomic E-state index is 5.21. The number of hydrogen-bond donors (Lipinski definition) is 1. The Hall–Kier alpha value is -1.23. The van der Waals surface area contributed by atoms with Crippen LogP contribution in [0.2, 0.25) is 0 Å². The lowest BCUT2D eigenvalue weighted by molar-refractivity contribution is 0.414. The van der Waals surface area contributed by atoms with Crippen LogP contribution in [0.3, 0.4) is 0 Å². The van der Waals surface area contributed by atoms with Gasteiger partial charge in [-0.1, -0.05) is 15.9 Å². The average molecular weight is 298 g/mol. The van der Waals surface area contributed by atoms with Gasteiger partial charge in [-0.05, 0) is 23.8 Å². The molecule has 0 aromatic heterocycles. The topological polar surface area (TPSA) is 36.9 Å². The molecule has 1 aromatic rings. The minimum Gasteiger partial charge on any atom is -0.497 e. The number of hydrogen-bond acceptors (Lipinski definition) is 4. The highest BCUT2D eigenvalue weighted by atomic mass is 79.9. The third-order valence-electron chi connectivity index (χ3n) is 2.75. The predicted octanol–water partition coefficient (Wildman–Crippen LogP) is 1.85. The van der Waals surface area contributed by atoms with Gasteiger partial charge < -0.3 is 15.0 Å². The van der Waals surface area contributed by atoms with Crippen molar-refractivity contribution in [2.45, 2.75) is 6.54 Å². The number of aliphatic imine (C=N–C) groups is 1. The van der Waals surface area contributed by atoms with Crippen molar-refractivity contribution in [2.75, 3.05) is 27.2 Å². The van der Waals surface area contributed by atoms with Crippen molar-refractivity contribution in [3.8, 4) is 5.75 Å². The molecule has 92 valence electrons. The number of likely N-dealkylation sites (N-methyl/N-ethyl adjacent to an activating group) is 1. The normalized spacial score (nSPS) is 14.8. The van der Waals surface area contributed by atoms with E-state index in [1.807, 2.05) is 25.2 Å². The van der Waals surface area contributed by atoms with Crippen LogP contribution in [-0.2, 0) is 6.54 Å². The van der Waals surface area contributed by atoms with Crippen LogP contribution < -0.4 is 10.1 Å². The summed E-state index contributed by atoms with van der Waals surface area (Å²) in [5.74, 6) is 1.83. The fraction of sp³-hybridized carbons (Fsp3) is 0.417. The molecule has 0 amide bonds. The van der Waals surface area contributed by atoms with Crippen LogP contribution in [0.5, 0.6) is 5.75 Å². The van der Waals surface area contributed by atoms with Crippen LogP contribution in [0.1, 0.15) is 5.56 Å². The molecule has 0 unspecified atom stereocenters. The Balaban J connectivity index is 2.03. The number of nitrogens with zero attached hydrogens (tertiary/aromatic N) is 2. The Bertz CT molecular complexity index is 434. The summed E-state index contributed by atoms with van der Waals surface area (Å²) in [4.78, 5) is 6.51. The zero-order valence-corrected chi connectivity index (χ0v) is 11.6. The molecule has 0 atom stereocenters. The molecule has 1 N–H and O–H groups in total. The first kappa shape index (κ1) is 12.2. The van der Waals surface area contributed by atoms with Crippen molar-refractivity contribution in [3.63, 3.8) is 0 Å². The minimum absolute atomic E-state index is 0.737.